The lowest BCUT2D eigenvalue weighted by atomic mass is 10.1. The minimum atomic E-state index is 0.865. The van der Waals surface area contributed by atoms with Gasteiger partial charge in [-0.3, -0.25) is 0 Å². The first-order valence-electron chi connectivity index (χ1n) is 9.03. The summed E-state index contributed by atoms with van der Waals surface area (Å²) in [7, 11) is 0. The van der Waals surface area contributed by atoms with Crippen molar-refractivity contribution in [2.45, 2.75) is 0 Å². The number of benzene rings is 3. The molecule has 0 atom stereocenters. The first kappa shape index (κ1) is 16.2. The van der Waals surface area contributed by atoms with Gasteiger partial charge in [0.25, 0.3) is 0 Å². The summed E-state index contributed by atoms with van der Waals surface area (Å²) in [5, 5.41) is 3.45. The van der Waals surface area contributed by atoms with Crippen LogP contribution in [0.4, 0.5) is 11.4 Å². The molecule has 2 N–H and O–H groups in total. The van der Waals surface area contributed by atoms with Gasteiger partial charge in [-0.2, -0.15) is 0 Å². The summed E-state index contributed by atoms with van der Waals surface area (Å²) in [5.41, 5.74) is 7.16. The summed E-state index contributed by atoms with van der Waals surface area (Å²) in [6, 6.07) is 24.5. The molecule has 0 radical (unpaired) electrons. The van der Waals surface area contributed by atoms with E-state index in [9.17, 15) is 0 Å². The minimum Gasteiger partial charge on any atom is -0.356 e. The summed E-state index contributed by atoms with van der Waals surface area (Å²) in [6.07, 6.45) is 5.16. The van der Waals surface area contributed by atoms with Crippen LogP contribution in [0.3, 0.4) is 0 Å². The molecule has 0 aliphatic rings. The zero-order valence-electron chi connectivity index (χ0n) is 15.0. The SMILES string of the molecule is c1cc(Nc2ccc(-c3cncnc3)cc2)cc(-c2nc3ccccc3[nH]2)c1. The third kappa shape index (κ3) is 3.21. The van der Waals surface area contributed by atoms with E-state index in [1.165, 1.54) is 6.33 Å². The number of aromatic nitrogens is 4. The molecular formula is C23H17N5. The molecule has 0 saturated carbocycles. The number of anilines is 2. The quantitative estimate of drug-likeness (QED) is 0.447. The molecule has 5 heteroatoms. The number of nitrogens with zero attached hydrogens (tertiary/aromatic N) is 3. The van der Waals surface area contributed by atoms with E-state index < -0.39 is 0 Å². The van der Waals surface area contributed by atoms with Gasteiger partial charge in [-0.25, -0.2) is 15.0 Å². The second-order valence-electron chi connectivity index (χ2n) is 6.51. The van der Waals surface area contributed by atoms with Gasteiger partial charge in [0.1, 0.15) is 12.2 Å². The van der Waals surface area contributed by atoms with Gasteiger partial charge in [0.05, 0.1) is 11.0 Å². The molecule has 0 aliphatic heterocycles. The number of hydrogen-bond donors (Lipinski definition) is 2. The maximum absolute atomic E-state index is 4.68. The third-order valence-corrected chi connectivity index (χ3v) is 4.59. The van der Waals surface area contributed by atoms with Crippen LogP contribution in [0.25, 0.3) is 33.5 Å². The number of nitrogens with one attached hydrogen (secondary N) is 2. The van der Waals surface area contributed by atoms with E-state index in [1.807, 2.05) is 48.8 Å². The van der Waals surface area contributed by atoms with Crippen molar-refractivity contribution in [3.63, 3.8) is 0 Å². The van der Waals surface area contributed by atoms with Crippen LogP contribution in [-0.2, 0) is 0 Å². The van der Waals surface area contributed by atoms with E-state index in [0.29, 0.717) is 0 Å². The van der Waals surface area contributed by atoms with Gasteiger partial charge in [0, 0.05) is 34.9 Å². The second kappa shape index (κ2) is 6.96. The fourth-order valence-electron chi connectivity index (χ4n) is 3.19. The molecule has 0 unspecified atom stereocenters. The Morgan fingerprint density at radius 2 is 1.50 bits per heavy atom. The van der Waals surface area contributed by atoms with Gasteiger partial charge in [0.15, 0.2) is 0 Å². The van der Waals surface area contributed by atoms with Gasteiger partial charge in [0.2, 0.25) is 0 Å². The molecule has 5 nitrogen and oxygen atoms in total. The number of para-hydroxylation sites is 2. The Kier molecular flexibility index (Phi) is 4.03. The zero-order chi connectivity index (χ0) is 18.8. The molecule has 5 rings (SSSR count). The third-order valence-electron chi connectivity index (χ3n) is 4.59. The average molecular weight is 363 g/mol. The lowest BCUT2D eigenvalue weighted by molar-refractivity contribution is 1.17. The Hall–Kier alpha value is -3.99. The predicted molar refractivity (Wildman–Crippen MR) is 112 cm³/mol. The molecule has 0 fully saturated rings. The number of hydrogen-bond acceptors (Lipinski definition) is 4. The van der Waals surface area contributed by atoms with Crippen molar-refractivity contribution in [3.8, 4) is 22.5 Å². The van der Waals surface area contributed by atoms with E-state index in [-0.39, 0.29) is 0 Å². The topological polar surface area (TPSA) is 66.5 Å². The van der Waals surface area contributed by atoms with Crippen LogP contribution in [0, 0.1) is 0 Å². The van der Waals surface area contributed by atoms with Crippen LogP contribution in [0.2, 0.25) is 0 Å². The van der Waals surface area contributed by atoms with E-state index in [1.54, 1.807) is 0 Å². The molecule has 0 saturated heterocycles. The van der Waals surface area contributed by atoms with Gasteiger partial charge in [-0.05, 0) is 42.0 Å². The molecule has 0 spiro atoms. The molecule has 2 heterocycles. The Labute approximate surface area is 162 Å². The molecule has 134 valence electrons. The van der Waals surface area contributed by atoms with E-state index in [2.05, 4.69) is 61.7 Å². The number of H-pyrrole nitrogens is 1. The summed E-state index contributed by atoms with van der Waals surface area (Å²) < 4.78 is 0. The number of rotatable bonds is 4. The molecule has 28 heavy (non-hydrogen) atoms. The van der Waals surface area contributed by atoms with Gasteiger partial charge in [-0.1, -0.05) is 36.4 Å². The van der Waals surface area contributed by atoms with E-state index in [4.69, 9.17) is 0 Å². The van der Waals surface area contributed by atoms with Gasteiger partial charge >= 0.3 is 0 Å². The summed E-state index contributed by atoms with van der Waals surface area (Å²) in [5.74, 6) is 0.865. The molecule has 2 aromatic heterocycles. The highest BCUT2D eigenvalue weighted by Crippen LogP contribution is 2.26. The molecule has 0 aliphatic carbocycles. The first-order chi connectivity index (χ1) is 13.8. The largest absolute Gasteiger partial charge is 0.356 e. The number of fused-ring (bicyclic) bond motifs is 1. The van der Waals surface area contributed by atoms with Crippen LogP contribution in [-0.4, -0.2) is 19.9 Å². The van der Waals surface area contributed by atoms with E-state index >= 15 is 0 Å². The van der Waals surface area contributed by atoms with E-state index in [0.717, 1.165) is 44.9 Å². The molecule has 0 bridgehead atoms. The fourth-order valence-corrected chi connectivity index (χ4v) is 3.19. The van der Waals surface area contributed by atoms with Crippen molar-refractivity contribution in [1.29, 1.82) is 0 Å². The van der Waals surface area contributed by atoms with Crippen molar-refractivity contribution in [2.24, 2.45) is 0 Å². The lowest BCUT2D eigenvalue weighted by Gasteiger charge is -2.09. The molecule has 0 amide bonds. The minimum absolute atomic E-state index is 0.865. The smallest absolute Gasteiger partial charge is 0.138 e. The van der Waals surface area contributed by atoms with Gasteiger partial charge < -0.3 is 10.3 Å². The maximum atomic E-state index is 4.68. The lowest BCUT2D eigenvalue weighted by Crippen LogP contribution is -1.91. The molecule has 5 aromatic rings. The number of imidazole rings is 1. The summed E-state index contributed by atoms with van der Waals surface area (Å²) in [4.78, 5) is 16.2. The summed E-state index contributed by atoms with van der Waals surface area (Å²) in [6.45, 7) is 0. The normalized spacial score (nSPS) is 10.9. The Morgan fingerprint density at radius 3 is 2.32 bits per heavy atom. The Bertz CT molecular complexity index is 1190. The first-order valence-corrected chi connectivity index (χ1v) is 9.03. The van der Waals surface area contributed by atoms with Crippen LogP contribution in [0.1, 0.15) is 0 Å². The van der Waals surface area contributed by atoms with Gasteiger partial charge in [-0.15, -0.1) is 0 Å². The second-order valence-corrected chi connectivity index (χ2v) is 6.51. The molecular weight excluding hydrogens is 346 g/mol. The van der Waals surface area contributed by atoms with Crippen LogP contribution in [0.5, 0.6) is 0 Å². The monoisotopic (exact) mass is 363 g/mol. The molecule has 3 aromatic carbocycles. The van der Waals surface area contributed by atoms with Crippen LogP contribution in [0.15, 0.2) is 91.5 Å². The summed E-state index contributed by atoms with van der Waals surface area (Å²) >= 11 is 0. The highest BCUT2D eigenvalue weighted by molar-refractivity contribution is 5.80. The Balaban J connectivity index is 1.39. The average Bonchev–Trinajstić information content (AvgIpc) is 3.20. The highest BCUT2D eigenvalue weighted by atomic mass is 14.9. The van der Waals surface area contributed by atoms with Crippen molar-refractivity contribution in [3.05, 3.63) is 91.5 Å². The standard InChI is InChI=1S/C23H17N5/c1-2-7-22-21(6-1)27-23(28-22)17-4-3-5-20(12-17)26-19-10-8-16(9-11-19)18-13-24-15-25-14-18/h1-15,26H,(H,27,28). The maximum Gasteiger partial charge on any atom is 0.138 e. The van der Waals surface area contributed by atoms with Crippen LogP contribution < -0.4 is 5.32 Å². The highest BCUT2D eigenvalue weighted by Gasteiger charge is 2.06. The zero-order valence-corrected chi connectivity index (χ0v) is 15.0. The van der Waals surface area contributed by atoms with Crippen molar-refractivity contribution < 1.29 is 0 Å². The Morgan fingerprint density at radius 1 is 0.679 bits per heavy atom. The van der Waals surface area contributed by atoms with Crippen molar-refractivity contribution in [1.82, 2.24) is 19.9 Å². The number of aromatic amines is 1. The van der Waals surface area contributed by atoms with Crippen LogP contribution >= 0.6 is 0 Å². The van der Waals surface area contributed by atoms with Crippen molar-refractivity contribution in [2.75, 3.05) is 5.32 Å². The predicted octanol–water partition coefficient (Wildman–Crippen LogP) is 5.43. The fraction of sp³-hybridized carbons (Fsp3) is 0. The van der Waals surface area contributed by atoms with Crippen molar-refractivity contribution >= 4 is 22.4 Å².